The summed E-state index contributed by atoms with van der Waals surface area (Å²) < 4.78 is 5.58. The van der Waals surface area contributed by atoms with E-state index in [2.05, 4.69) is 19.9 Å². The summed E-state index contributed by atoms with van der Waals surface area (Å²) in [6.07, 6.45) is 6.56. The van der Waals surface area contributed by atoms with Crippen LogP contribution in [0, 0.1) is 13.8 Å². The van der Waals surface area contributed by atoms with E-state index in [4.69, 9.17) is 4.74 Å². The van der Waals surface area contributed by atoms with E-state index in [0.717, 1.165) is 24.2 Å². The van der Waals surface area contributed by atoms with Crippen LogP contribution in [-0.2, 0) is 11.2 Å². The van der Waals surface area contributed by atoms with Gasteiger partial charge in [0.15, 0.2) is 0 Å². The minimum Gasteiger partial charge on any atom is -0.377 e. The van der Waals surface area contributed by atoms with Gasteiger partial charge in [0, 0.05) is 25.1 Å². The van der Waals surface area contributed by atoms with Crippen molar-refractivity contribution in [1.29, 1.82) is 0 Å². The van der Waals surface area contributed by atoms with Gasteiger partial charge in [-0.2, -0.15) is 0 Å². The second kappa shape index (κ2) is 7.44. The zero-order chi connectivity index (χ0) is 16.9. The van der Waals surface area contributed by atoms with E-state index >= 15 is 0 Å². The maximum Gasteiger partial charge on any atom is 0.272 e. The molecule has 3 heterocycles. The minimum absolute atomic E-state index is 0.0166. The molecule has 0 saturated carbocycles. The first-order valence-corrected chi connectivity index (χ1v) is 8.10. The molecule has 126 valence electrons. The molecule has 0 aromatic carbocycles. The van der Waals surface area contributed by atoms with E-state index in [-0.39, 0.29) is 11.9 Å². The third-order valence-electron chi connectivity index (χ3n) is 4.18. The van der Waals surface area contributed by atoms with Gasteiger partial charge in [-0.1, -0.05) is 0 Å². The number of nitrogens with zero attached hydrogens (tertiary/aromatic N) is 5. The fourth-order valence-electron chi connectivity index (χ4n) is 2.87. The van der Waals surface area contributed by atoms with Crippen LogP contribution < -0.4 is 0 Å². The summed E-state index contributed by atoms with van der Waals surface area (Å²) in [5, 5.41) is 0. The Morgan fingerprint density at radius 3 is 2.88 bits per heavy atom. The van der Waals surface area contributed by atoms with Crippen LogP contribution in [0.2, 0.25) is 0 Å². The van der Waals surface area contributed by atoms with Gasteiger partial charge in [-0.05, 0) is 32.8 Å². The van der Waals surface area contributed by atoms with Crippen molar-refractivity contribution in [2.75, 3.05) is 19.8 Å². The average molecular weight is 327 g/mol. The number of rotatable bonds is 4. The van der Waals surface area contributed by atoms with Crippen LogP contribution in [0.1, 0.15) is 34.1 Å². The molecule has 3 rings (SSSR count). The molecule has 1 fully saturated rings. The zero-order valence-corrected chi connectivity index (χ0v) is 14.0. The number of morpholine rings is 1. The Balaban J connectivity index is 1.71. The summed E-state index contributed by atoms with van der Waals surface area (Å²) >= 11 is 0. The normalized spacial score (nSPS) is 17.8. The third-order valence-corrected chi connectivity index (χ3v) is 4.18. The predicted octanol–water partition coefficient (Wildman–Crippen LogP) is 1.36. The van der Waals surface area contributed by atoms with Gasteiger partial charge in [0.1, 0.15) is 11.5 Å². The molecule has 7 heteroatoms. The van der Waals surface area contributed by atoms with Crippen molar-refractivity contribution >= 4 is 5.91 Å². The average Bonchev–Trinajstić information content (AvgIpc) is 2.61. The fourth-order valence-corrected chi connectivity index (χ4v) is 2.87. The molecular formula is C17H21N5O2. The van der Waals surface area contributed by atoms with Crippen LogP contribution in [-0.4, -0.2) is 56.5 Å². The number of hydrogen-bond donors (Lipinski definition) is 0. The summed E-state index contributed by atoms with van der Waals surface area (Å²) in [4.78, 5) is 31.6. The second-order valence-corrected chi connectivity index (χ2v) is 5.84. The standard InChI is InChI=1S/C17H21N5O2/c1-12-15(20-8-7-18-12)4-3-14-11-24-10-9-22(14)17(23)16-5-6-19-13(2)21-16/h5-8,14H,3-4,9-11H2,1-2H3. The number of carbonyl (C=O) groups excluding carboxylic acids is 1. The highest BCUT2D eigenvalue weighted by molar-refractivity contribution is 5.92. The molecule has 0 N–H and O–H groups in total. The smallest absolute Gasteiger partial charge is 0.272 e. The van der Waals surface area contributed by atoms with Crippen molar-refractivity contribution in [3.05, 3.63) is 47.6 Å². The Labute approximate surface area is 141 Å². The topological polar surface area (TPSA) is 81.1 Å². The molecule has 1 unspecified atom stereocenters. The van der Waals surface area contributed by atoms with Gasteiger partial charge in [-0.25, -0.2) is 9.97 Å². The highest BCUT2D eigenvalue weighted by Crippen LogP contribution is 2.16. The van der Waals surface area contributed by atoms with Gasteiger partial charge >= 0.3 is 0 Å². The summed E-state index contributed by atoms with van der Waals surface area (Å²) in [6.45, 7) is 5.40. The largest absolute Gasteiger partial charge is 0.377 e. The molecule has 1 aliphatic rings. The maximum absolute atomic E-state index is 12.8. The Bertz CT molecular complexity index is 722. The number of amides is 1. The van der Waals surface area contributed by atoms with E-state index in [1.54, 1.807) is 31.6 Å². The Hall–Kier alpha value is -2.41. The molecule has 0 bridgehead atoms. The monoisotopic (exact) mass is 327 g/mol. The first kappa shape index (κ1) is 16.4. The highest BCUT2D eigenvalue weighted by Gasteiger charge is 2.29. The first-order valence-electron chi connectivity index (χ1n) is 8.10. The number of hydrogen-bond acceptors (Lipinski definition) is 6. The Morgan fingerprint density at radius 2 is 2.08 bits per heavy atom. The molecule has 1 atom stereocenters. The molecule has 24 heavy (non-hydrogen) atoms. The number of ether oxygens (including phenoxy) is 1. The summed E-state index contributed by atoms with van der Waals surface area (Å²) in [7, 11) is 0. The lowest BCUT2D eigenvalue weighted by Crippen LogP contribution is -2.49. The molecule has 0 radical (unpaired) electrons. The van der Waals surface area contributed by atoms with Gasteiger partial charge in [0.05, 0.1) is 30.6 Å². The van der Waals surface area contributed by atoms with Gasteiger partial charge in [0.2, 0.25) is 0 Å². The molecule has 1 amide bonds. The SMILES string of the molecule is Cc1nccc(C(=O)N2CCOCC2CCc2nccnc2C)n1. The fraction of sp³-hybridized carbons (Fsp3) is 0.471. The van der Waals surface area contributed by atoms with Gasteiger partial charge < -0.3 is 9.64 Å². The van der Waals surface area contributed by atoms with Crippen LogP contribution in [0.15, 0.2) is 24.7 Å². The van der Waals surface area contributed by atoms with Gasteiger partial charge in [-0.3, -0.25) is 14.8 Å². The van der Waals surface area contributed by atoms with E-state index in [1.165, 1.54) is 0 Å². The third kappa shape index (κ3) is 3.73. The van der Waals surface area contributed by atoms with E-state index in [9.17, 15) is 4.79 Å². The second-order valence-electron chi connectivity index (χ2n) is 5.84. The minimum atomic E-state index is -0.0651. The lowest BCUT2D eigenvalue weighted by Gasteiger charge is -2.35. The van der Waals surface area contributed by atoms with E-state index in [1.807, 2.05) is 11.8 Å². The Morgan fingerprint density at radius 1 is 1.25 bits per heavy atom. The summed E-state index contributed by atoms with van der Waals surface area (Å²) in [5.74, 6) is 0.533. The molecule has 1 aliphatic heterocycles. The van der Waals surface area contributed by atoms with Crippen molar-refractivity contribution in [2.24, 2.45) is 0 Å². The molecule has 0 aliphatic carbocycles. The highest BCUT2D eigenvalue weighted by atomic mass is 16.5. The van der Waals surface area contributed by atoms with E-state index in [0.29, 0.717) is 31.3 Å². The lowest BCUT2D eigenvalue weighted by atomic mass is 10.1. The lowest BCUT2D eigenvalue weighted by molar-refractivity contribution is -0.00446. The molecular weight excluding hydrogens is 306 g/mol. The van der Waals surface area contributed by atoms with Gasteiger partial charge in [-0.15, -0.1) is 0 Å². The molecule has 2 aromatic rings. The van der Waals surface area contributed by atoms with Crippen molar-refractivity contribution in [2.45, 2.75) is 32.7 Å². The van der Waals surface area contributed by atoms with Crippen LogP contribution in [0.4, 0.5) is 0 Å². The number of carbonyl (C=O) groups is 1. The molecule has 1 saturated heterocycles. The summed E-state index contributed by atoms with van der Waals surface area (Å²) in [6, 6.07) is 1.68. The molecule has 0 spiro atoms. The van der Waals surface area contributed by atoms with Crippen molar-refractivity contribution in [1.82, 2.24) is 24.8 Å². The summed E-state index contributed by atoms with van der Waals surface area (Å²) in [5.41, 5.74) is 2.33. The Kier molecular flexibility index (Phi) is 5.10. The van der Waals surface area contributed by atoms with Crippen molar-refractivity contribution < 1.29 is 9.53 Å². The van der Waals surface area contributed by atoms with Crippen LogP contribution in [0.5, 0.6) is 0 Å². The number of aryl methyl sites for hydroxylation is 3. The van der Waals surface area contributed by atoms with Crippen LogP contribution in [0.25, 0.3) is 0 Å². The van der Waals surface area contributed by atoms with Crippen molar-refractivity contribution in [3.63, 3.8) is 0 Å². The number of aromatic nitrogens is 4. The van der Waals surface area contributed by atoms with E-state index < -0.39 is 0 Å². The first-order chi connectivity index (χ1) is 11.6. The van der Waals surface area contributed by atoms with Crippen LogP contribution in [0.3, 0.4) is 0 Å². The molecule has 2 aromatic heterocycles. The van der Waals surface area contributed by atoms with Crippen LogP contribution >= 0.6 is 0 Å². The zero-order valence-electron chi connectivity index (χ0n) is 14.0. The quantitative estimate of drug-likeness (QED) is 0.843. The van der Waals surface area contributed by atoms with Crippen molar-refractivity contribution in [3.8, 4) is 0 Å². The predicted molar refractivity (Wildman–Crippen MR) is 87.5 cm³/mol. The maximum atomic E-state index is 12.8. The molecule has 7 nitrogen and oxygen atoms in total. The van der Waals surface area contributed by atoms with Gasteiger partial charge in [0.25, 0.3) is 5.91 Å².